The van der Waals surface area contributed by atoms with Crippen LogP contribution in [-0.4, -0.2) is 88.3 Å². The van der Waals surface area contributed by atoms with E-state index in [0.717, 1.165) is 22.5 Å². The average Bonchev–Trinajstić information content (AvgIpc) is 3.07. The zero-order valence-corrected chi connectivity index (χ0v) is 31.1. The molecule has 0 fully saturated rings. The van der Waals surface area contributed by atoms with Gasteiger partial charge in [0.15, 0.2) is 0 Å². The second kappa shape index (κ2) is 18.6. The van der Waals surface area contributed by atoms with Gasteiger partial charge in [0, 0.05) is 52.7 Å². The van der Waals surface area contributed by atoms with Crippen LogP contribution in [0.2, 0.25) is 25.2 Å². The summed E-state index contributed by atoms with van der Waals surface area (Å²) in [4.78, 5) is 23.2. The summed E-state index contributed by atoms with van der Waals surface area (Å²) in [5.74, 6) is -1.01. The monoisotopic (exact) mass is 694 g/mol. The summed E-state index contributed by atoms with van der Waals surface area (Å²) >= 11 is 0. The van der Waals surface area contributed by atoms with Gasteiger partial charge in [0.25, 0.3) is 0 Å². The summed E-state index contributed by atoms with van der Waals surface area (Å²) in [6.45, 7) is 11.0. The zero-order valence-electron chi connectivity index (χ0n) is 27.1. The molecule has 248 valence electrons. The van der Waals surface area contributed by atoms with E-state index in [2.05, 4.69) is 13.2 Å². The number of hydrogen-bond donors (Lipinski definition) is 0. The third-order valence-electron chi connectivity index (χ3n) is 6.72. The van der Waals surface area contributed by atoms with Crippen molar-refractivity contribution in [2.45, 2.75) is 38.0 Å². The Kier molecular flexibility index (Phi) is 15.9. The van der Waals surface area contributed by atoms with E-state index in [9.17, 15) is 9.59 Å². The molecule has 0 bridgehead atoms. The first-order valence-corrected chi connectivity index (χ1v) is 23.0. The number of hydrogen-bond acceptors (Lipinski definition) is 11. The third-order valence-corrected chi connectivity index (χ3v) is 22.0. The summed E-state index contributed by atoms with van der Waals surface area (Å²) in [6.07, 6.45) is 3.12. The van der Waals surface area contributed by atoms with E-state index >= 15 is 0 Å². The van der Waals surface area contributed by atoms with E-state index in [0.29, 0.717) is 24.9 Å². The SMILES string of the molecule is C=CC(=O)OCCC[Si](OC)(OC)O[Si](C)(C)O[Si](O[Si](CCCOC(=O)C=C)(OC)OC)(c1ccccc1)c1ccccc1. The molecule has 2 aromatic rings. The molecule has 0 radical (unpaired) electrons. The molecule has 0 aliphatic rings. The first-order valence-electron chi connectivity index (χ1n) is 14.5. The Labute approximate surface area is 271 Å². The van der Waals surface area contributed by atoms with Gasteiger partial charge in [-0.25, -0.2) is 9.59 Å². The Hall–Kier alpha value is -2.55. The van der Waals surface area contributed by atoms with Gasteiger partial charge >= 0.3 is 46.7 Å². The molecular formula is C30H46O11Si4. The molecule has 0 amide bonds. The van der Waals surface area contributed by atoms with Crippen LogP contribution in [-0.2, 0) is 49.1 Å². The lowest BCUT2D eigenvalue weighted by atomic mass is 10.4. The molecule has 0 atom stereocenters. The molecule has 0 aliphatic heterocycles. The predicted molar refractivity (Wildman–Crippen MR) is 179 cm³/mol. The molecule has 0 heterocycles. The number of esters is 2. The van der Waals surface area contributed by atoms with Crippen LogP contribution in [0.25, 0.3) is 0 Å². The standard InChI is InChI=1S/C30H46O11Si4/c1-9-29(31)37-23-17-25-43(33-3,34-4)39-42(7,8)40-45(27-19-13-11-14-20-27,28-21-15-12-16-22-28)41-44(35-5,36-6)26-18-24-38-30(32)10-2/h9-16,19-22H,1-2,17-18,23-26H2,3-8H3. The minimum absolute atomic E-state index is 0.142. The van der Waals surface area contributed by atoms with Crippen molar-refractivity contribution in [3.8, 4) is 0 Å². The van der Waals surface area contributed by atoms with Crippen molar-refractivity contribution in [2.24, 2.45) is 0 Å². The van der Waals surface area contributed by atoms with Gasteiger partial charge in [-0.1, -0.05) is 73.8 Å². The van der Waals surface area contributed by atoms with E-state index in [1.165, 1.54) is 0 Å². The molecule has 0 unspecified atom stereocenters. The highest BCUT2D eigenvalue weighted by molar-refractivity contribution is 7.01. The second-order valence-corrected chi connectivity index (χ2v) is 23.2. The van der Waals surface area contributed by atoms with Gasteiger partial charge in [-0.3, -0.25) is 0 Å². The van der Waals surface area contributed by atoms with Gasteiger partial charge in [0.05, 0.1) is 13.2 Å². The third kappa shape index (κ3) is 11.3. The van der Waals surface area contributed by atoms with Crippen molar-refractivity contribution < 1.29 is 49.1 Å². The minimum Gasteiger partial charge on any atom is -0.463 e. The topological polar surface area (TPSA) is 117 Å². The average molecular weight is 695 g/mol. The van der Waals surface area contributed by atoms with Gasteiger partial charge in [0.2, 0.25) is 0 Å². The minimum atomic E-state index is -3.68. The van der Waals surface area contributed by atoms with Gasteiger partial charge in [-0.2, -0.15) is 0 Å². The molecule has 0 spiro atoms. The molecule has 0 N–H and O–H groups in total. The Morgan fingerprint density at radius 3 is 1.36 bits per heavy atom. The number of rotatable bonds is 22. The van der Waals surface area contributed by atoms with Crippen LogP contribution >= 0.6 is 0 Å². The quantitative estimate of drug-likeness (QED) is 0.0778. The van der Waals surface area contributed by atoms with E-state index < -0.39 is 46.7 Å². The van der Waals surface area contributed by atoms with Crippen molar-refractivity contribution in [1.29, 1.82) is 0 Å². The maximum Gasteiger partial charge on any atom is 0.492 e. The lowest BCUT2D eigenvalue weighted by molar-refractivity contribution is -0.138. The molecule has 0 saturated heterocycles. The molecule has 15 heteroatoms. The van der Waals surface area contributed by atoms with E-state index in [-0.39, 0.29) is 13.2 Å². The highest BCUT2D eigenvalue weighted by atomic mass is 28.5. The lowest BCUT2D eigenvalue weighted by Gasteiger charge is -2.44. The predicted octanol–water partition coefficient (Wildman–Crippen LogP) is 3.70. The molecular weight excluding hydrogens is 649 g/mol. The van der Waals surface area contributed by atoms with Crippen molar-refractivity contribution in [2.75, 3.05) is 41.7 Å². The largest absolute Gasteiger partial charge is 0.492 e. The van der Waals surface area contributed by atoms with Crippen LogP contribution in [0, 0.1) is 0 Å². The fourth-order valence-corrected chi connectivity index (χ4v) is 21.1. The molecule has 2 rings (SSSR count). The smallest absolute Gasteiger partial charge is 0.463 e. The Bertz CT molecular complexity index is 1170. The van der Waals surface area contributed by atoms with Crippen LogP contribution in [0.15, 0.2) is 86.0 Å². The molecule has 45 heavy (non-hydrogen) atoms. The Morgan fingerprint density at radius 1 is 0.622 bits per heavy atom. The van der Waals surface area contributed by atoms with Crippen molar-refractivity contribution in [3.63, 3.8) is 0 Å². The summed E-state index contributed by atoms with van der Waals surface area (Å²) in [7, 11) is -7.46. The first-order chi connectivity index (χ1) is 21.5. The molecule has 0 saturated carbocycles. The summed E-state index contributed by atoms with van der Waals surface area (Å²) in [6, 6.07) is 20.1. The molecule has 0 aromatic heterocycles. The second-order valence-electron chi connectivity index (χ2n) is 10.2. The maximum absolute atomic E-state index is 11.6. The van der Waals surface area contributed by atoms with Crippen molar-refractivity contribution in [1.82, 2.24) is 0 Å². The van der Waals surface area contributed by atoms with Gasteiger partial charge in [-0.15, -0.1) is 0 Å². The number of carbonyl (C=O) groups excluding carboxylic acids is 2. The number of benzene rings is 2. The maximum atomic E-state index is 11.6. The number of carbonyl (C=O) groups is 2. The fraction of sp³-hybridized carbons (Fsp3) is 0.400. The van der Waals surface area contributed by atoms with Gasteiger partial charge in [-0.05, 0) is 36.3 Å². The van der Waals surface area contributed by atoms with Crippen LogP contribution in [0.1, 0.15) is 12.8 Å². The highest BCUT2D eigenvalue weighted by Crippen LogP contribution is 2.29. The van der Waals surface area contributed by atoms with Crippen molar-refractivity contribution >= 4 is 57.0 Å². The lowest BCUT2D eigenvalue weighted by Crippen LogP contribution is -2.73. The van der Waals surface area contributed by atoms with Crippen LogP contribution < -0.4 is 10.4 Å². The van der Waals surface area contributed by atoms with Crippen LogP contribution in [0.4, 0.5) is 0 Å². The van der Waals surface area contributed by atoms with Crippen molar-refractivity contribution in [3.05, 3.63) is 86.0 Å². The van der Waals surface area contributed by atoms with Crippen LogP contribution in [0.3, 0.4) is 0 Å². The Morgan fingerprint density at radius 2 is 1.00 bits per heavy atom. The Balaban J connectivity index is 2.56. The summed E-state index contributed by atoms with van der Waals surface area (Å²) in [5, 5.41) is 1.64. The van der Waals surface area contributed by atoms with E-state index in [1.807, 2.05) is 73.8 Å². The normalized spacial score (nSPS) is 12.4. The van der Waals surface area contributed by atoms with Gasteiger partial charge in [0.1, 0.15) is 0 Å². The summed E-state index contributed by atoms with van der Waals surface area (Å²) < 4.78 is 55.4. The number of ether oxygens (including phenoxy) is 2. The molecule has 11 nitrogen and oxygen atoms in total. The highest BCUT2D eigenvalue weighted by Gasteiger charge is 2.57. The first kappa shape index (κ1) is 38.6. The molecule has 2 aromatic carbocycles. The molecule has 0 aliphatic carbocycles. The summed E-state index contributed by atoms with van der Waals surface area (Å²) in [5.41, 5.74) is 0. The van der Waals surface area contributed by atoms with E-state index in [4.69, 9.17) is 39.5 Å². The fourth-order valence-electron chi connectivity index (χ4n) is 4.58. The van der Waals surface area contributed by atoms with Crippen LogP contribution in [0.5, 0.6) is 0 Å². The van der Waals surface area contributed by atoms with E-state index in [1.54, 1.807) is 28.4 Å². The zero-order chi connectivity index (χ0) is 33.4. The van der Waals surface area contributed by atoms with Gasteiger partial charge < -0.3 is 39.5 Å².